The first-order chi connectivity index (χ1) is 9.10. The molecule has 2 amide bonds. The number of carbonyl (C=O) groups is 1. The molecular formula is C13H18N4OS. The van der Waals surface area contributed by atoms with Gasteiger partial charge in [-0.1, -0.05) is 6.07 Å². The van der Waals surface area contributed by atoms with E-state index in [1.165, 1.54) is 4.90 Å². The van der Waals surface area contributed by atoms with Crippen LogP contribution in [-0.2, 0) is 0 Å². The molecule has 0 heterocycles. The maximum absolute atomic E-state index is 11.3. The lowest BCUT2D eigenvalue weighted by Crippen LogP contribution is -2.37. The Hall–Kier alpha value is -1.87. The number of carbonyl (C=O) groups excluding carboxylic acids is 1. The lowest BCUT2D eigenvalue weighted by atomic mass is 10.2. The highest BCUT2D eigenvalue weighted by atomic mass is 32.2. The maximum atomic E-state index is 11.3. The second kappa shape index (κ2) is 7.54. The van der Waals surface area contributed by atoms with Crippen molar-refractivity contribution < 1.29 is 4.79 Å². The minimum absolute atomic E-state index is 0.125. The van der Waals surface area contributed by atoms with Gasteiger partial charge in [0.2, 0.25) is 0 Å². The summed E-state index contributed by atoms with van der Waals surface area (Å²) in [6, 6.07) is 7.78. The summed E-state index contributed by atoms with van der Waals surface area (Å²) in [5, 5.41) is 15.1. The number of hydrogen-bond acceptors (Lipinski definition) is 4. The summed E-state index contributed by atoms with van der Waals surface area (Å²) < 4.78 is 0. The van der Waals surface area contributed by atoms with Crippen molar-refractivity contribution in [1.82, 2.24) is 10.2 Å². The molecule has 1 aromatic carbocycles. The van der Waals surface area contributed by atoms with Crippen molar-refractivity contribution in [3.8, 4) is 6.07 Å². The van der Waals surface area contributed by atoms with E-state index in [4.69, 9.17) is 5.26 Å². The van der Waals surface area contributed by atoms with Crippen molar-refractivity contribution in [2.45, 2.75) is 4.90 Å². The van der Waals surface area contributed by atoms with Crippen molar-refractivity contribution in [1.29, 1.82) is 5.26 Å². The number of nitrogens with zero attached hydrogens (tertiary/aromatic N) is 2. The van der Waals surface area contributed by atoms with Crippen molar-refractivity contribution >= 4 is 23.5 Å². The zero-order valence-corrected chi connectivity index (χ0v) is 12.2. The highest BCUT2D eigenvalue weighted by Crippen LogP contribution is 2.25. The number of hydrogen-bond donors (Lipinski definition) is 2. The van der Waals surface area contributed by atoms with Gasteiger partial charge in [-0.15, -0.1) is 11.8 Å². The number of urea groups is 1. The second-order valence-electron chi connectivity index (χ2n) is 4.05. The van der Waals surface area contributed by atoms with Gasteiger partial charge in [0.25, 0.3) is 0 Å². The third-order valence-electron chi connectivity index (χ3n) is 2.48. The summed E-state index contributed by atoms with van der Waals surface area (Å²) in [7, 11) is 3.39. The first-order valence-electron chi connectivity index (χ1n) is 5.86. The van der Waals surface area contributed by atoms with Gasteiger partial charge < -0.3 is 15.5 Å². The summed E-state index contributed by atoms with van der Waals surface area (Å²) in [6.07, 6.45) is 1.94. The smallest absolute Gasteiger partial charge is 0.316 e. The summed E-state index contributed by atoms with van der Waals surface area (Å²) in [6.45, 7) is 1.08. The number of thioether (sulfide) groups is 1. The van der Waals surface area contributed by atoms with Crippen LogP contribution in [0.2, 0.25) is 0 Å². The molecule has 0 atom stereocenters. The highest BCUT2D eigenvalue weighted by molar-refractivity contribution is 7.98. The first-order valence-corrected chi connectivity index (χ1v) is 7.08. The number of rotatable bonds is 5. The third kappa shape index (κ3) is 4.38. The van der Waals surface area contributed by atoms with E-state index in [9.17, 15) is 4.79 Å². The van der Waals surface area contributed by atoms with Crippen LogP contribution in [0.15, 0.2) is 23.1 Å². The topological polar surface area (TPSA) is 68.2 Å². The zero-order valence-electron chi connectivity index (χ0n) is 11.4. The third-order valence-corrected chi connectivity index (χ3v) is 3.26. The maximum Gasteiger partial charge on any atom is 0.316 e. The molecule has 0 aliphatic heterocycles. The van der Waals surface area contributed by atoms with E-state index in [1.807, 2.05) is 24.5 Å². The van der Waals surface area contributed by atoms with E-state index < -0.39 is 0 Å². The molecule has 0 aromatic heterocycles. The monoisotopic (exact) mass is 278 g/mol. The van der Waals surface area contributed by atoms with Gasteiger partial charge in [-0.25, -0.2) is 4.79 Å². The number of anilines is 1. The van der Waals surface area contributed by atoms with Crippen LogP contribution in [0.1, 0.15) is 5.56 Å². The van der Waals surface area contributed by atoms with Crippen molar-refractivity contribution in [3.63, 3.8) is 0 Å². The minimum Gasteiger partial charge on any atom is -0.382 e. The normalized spacial score (nSPS) is 9.58. The quantitative estimate of drug-likeness (QED) is 0.638. The van der Waals surface area contributed by atoms with Gasteiger partial charge in [-0.3, -0.25) is 0 Å². The van der Waals surface area contributed by atoms with Gasteiger partial charge in [-0.2, -0.15) is 5.26 Å². The SMILES string of the molecule is CSc1cccc(NCCNC(=O)N(C)C)c1C#N. The van der Waals surface area contributed by atoms with E-state index >= 15 is 0 Å². The molecular weight excluding hydrogens is 260 g/mol. The van der Waals surface area contributed by atoms with E-state index in [1.54, 1.807) is 25.9 Å². The average Bonchev–Trinajstić information content (AvgIpc) is 2.42. The van der Waals surface area contributed by atoms with Crippen LogP contribution in [0.25, 0.3) is 0 Å². The Kier molecular flexibility index (Phi) is 6.03. The van der Waals surface area contributed by atoms with E-state index in [0.29, 0.717) is 18.7 Å². The zero-order chi connectivity index (χ0) is 14.3. The second-order valence-corrected chi connectivity index (χ2v) is 4.90. The molecule has 0 saturated heterocycles. The van der Waals surface area contributed by atoms with Crippen LogP contribution in [-0.4, -0.2) is 44.4 Å². The van der Waals surface area contributed by atoms with E-state index in [-0.39, 0.29) is 6.03 Å². The lowest BCUT2D eigenvalue weighted by Gasteiger charge is -2.13. The molecule has 0 aliphatic carbocycles. The van der Waals surface area contributed by atoms with Gasteiger partial charge >= 0.3 is 6.03 Å². The highest BCUT2D eigenvalue weighted by Gasteiger charge is 2.07. The Morgan fingerprint density at radius 3 is 2.74 bits per heavy atom. The molecule has 0 bridgehead atoms. The molecule has 102 valence electrons. The largest absolute Gasteiger partial charge is 0.382 e. The van der Waals surface area contributed by atoms with Crippen LogP contribution in [0, 0.1) is 11.3 Å². The van der Waals surface area contributed by atoms with E-state index in [0.717, 1.165) is 10.6 Å². The predicted molar refractivity (Wildman–Crippen MR) is 78.5 cm³/mol. The van der Waals surface area contributed by atoms with Crippen LogP contribution in [0.5, 0.6) is 0 Å². The average molecular weight is 278 g/mol. The Labute approximate surface area is 118 Å². The number of nitrogens with one attached hydrogen (secondary N) is 2. The standard InChI is InChI=1S/C13H18N4OS/c1-17(2)13(18)16-8-7-15-11-5-4-6-12(19-3)10(11)9-14/h4-6,15H,7-8H2,1-3H3,(H,16,18). The molecule has 0 unspecified atom stereocenters. The van der Waals surface area contributed by atoms with Crippen LogP contribution < -0.4 is 10.6 Å². The molecule has 0 radical (unpaired) electrons. The Balaban J connectivity index is 2.55. The van der Waals surface area contributed by atoms with Crippen molar-refractivity contribution in [2.24, 2.45) is 0 Å². The molecule has 5 nitrogen and oxygen atoms in total. The number of benzene rings is 1. The van der Waals surface area contributed by atoms with Crippen LogP contribution in [0.4, 0.5) is 10.5 Å². The van der Waals surface area contributed by atoms with Gasteiger partial charge in [-0.05, 0) is 18.4 Å². The lowest BCUT2D eigenvalue weighted by molar-refractivity contribution is 0.218. The summed E-state index contributed by atoms with van der Waals surface area (Å²) in [5.74, 6) is 0. The molecule has 0 fully saturated rings. The minimum atomic E-state index is -0.125. The predicted octanol–water partition coefficient (Wildman–Crippen LogP) is 1.96. The Morgan fingerprint density at radius 1 is 1.42 bits per heavy atom. The fourth-order valence-electron chi connectivity index (χ4n) is 1.49. The number of amides is 2. The van der Waals surface area contributed by atoms with Gasteiger partial charge in [0.05, 0.1) is 11.3 Å². The van der Waals surface area contributed by atoms with Crippen molar-refractivity contribution in [3.05, 3.63) is 23.8 Å². The Morgan fingerprint density at radius 2 is 2.16 bits per heavy atom. The first kappa shape index (κ1) is 15.2. The molecule has 6 heteroatoms. The molecule has 19 heavy (non-hydrogen) atoms. The molecule has 1 rings (SSSR count). The van der Waals surface area contributed by atoms with E-state index in [2.05, 4.69) is 16.7 Å². The molecule has 0 aliphatic rings. The summed E-state index contributed by atoms with van der Waals surface area (Å²) in [5.41, 5.74) is 1.45. The van der Waals surface area contributed by atoms with Gasteiger partial charge in [0.1, 0.15) is 6.07 Å². The summed E-state index contributed by atoms with van der Waals surface area (Å²) >= 11 is 1.54. The molecule has 0 saturated carbocycles. The van der Waals surface area contributed by atoms with Gasteiger partial charge in [0, 0.05) is 32.1 Å². The Bertz CT molecular complexity index is 482. The summed E-state index contributed by atoms with van der Waals surface area (Å²) in [4.78, 5) is 13.7. The fraction of sp³-hybridized carbons (Fsp3) is 0.385. The van der Waals surface area contributed by atoms with Crippen molar-refractivity contribution in [2.75, 3.05) is 38.8 Å². The fourth-order valence-corrected chi connectivity index (χ4v) is 2.06. The number of nitriles is 1. The molecule has 0 spiro atoms. The van der Waals surface area contributed by atoms with Crippen LogP contribution >= 0.6 is 11.8 Å². The molecule has 2 N–H and O–H groups in total. The van der Waals surface area contributed by atoms with Crippen LogP contribution in [0.3, 0.4) is 0 Å². The molecule has 1 aromatic rings. The van der Waals surface area contributed by atoms with Gasteiger partial charge in [0.15, 0.2) is 0 Å².